The number of hydrogen-bond donors (Lipinski definition) is 1. The standard InChI is InChI=1S/C15H23N/c1-10(2)7-13-5-6-14-11(3)9-16-12(4)15(14)8-13/h5-6,8,10-12,16H,7,9H2,1-4H3. The Morgan fingerprint density at radius 3 is 2.69 bits per heavy atom. The van der Waals surface area contributed by atoms with E-state index in [2.05, 4.69) is 51.2 Å². The first-order chi connectivity index (χ1) is 7.58. The number of fused-ring (bicyclic) bond motifs is 1. The van der Waals surface area contributed by atoms with Crippen molar-refractivity contribution < 1.29 is 0 Å². The minimum atomic E-state index is 0.512. The molecule has 1 nitrogen and oxygen atoms in total. The first-order valence-corrected chi connectivity index (χ1v) is 6.44. The van der Waals surface area contributed by atoms with Crippen LogP contribution in [0.5, 0.6) is 0 Å². The molecule has 16 heavy (non-hydrogen) atoms. The van der Waals surface area contributed by atoms with Crippen LogP contribution in [0.15, 0.2) is 18.2 Å². The topological polar surface area (TPSA) is 12.0 Å². The molecular weight excluding hydrogens is 194 g/mol. The Hall–Kier alpha value is -0.820. The number of rotatable bonds is 2. The highest BCUT2D eigenvalue weighted by atomic mass is 14.9. The molecule has 2 rings (SSSR count). The highest BCUT2D eigenvalue weighted by Gasteiger charge is 2.21. The number of benzene rings is 1. The summed E-state index contributed by atoms with van der Waals surface area (Å²) >= 11 is 0. The maximum absolute atomic E-state index is 3.57. The molecule has 0 aliphatic carbocycles. The summed E-state index contributed by atoms with van der Waals surface area (Å²) in [5.41, 5.74) is 4.53. The van der Waals surface area contributed by atoms with Crippen molar-refractivity contribution >= 4 is 0 Å². The normalized spacial score (nSPS) is 24.6. The lowest BCUT2D eigenvalue weighted by molar-refractivity contribution is 0.494. The molecule has 1 aromatic rings. The van der Waals surface area contributed by atoms with Gasteiger partial charge in [0.25, 0.3) is 0 Å². The fourth-order valence-electron chi connectivity index (χ4n) is 2.62. The first kappa shape index (κ1) is 11.7. The average Bonchev–Trinajstić information content (AvgIpc) is 2.23. The van der Waals surface area contributed by atoms with Gasteiger partial charge in [-0.15, -0.1) is 0 Å². The number of nitrogens with one attached hydrogen (secondary N) is 1. The van der Waals surface area contributed by atoms with Crippen molar-refractivity contribution in [1.29, 1.82) is 0 Å². The minimum absolute atomic E-state index is 0.512. The van der Waals surface area contributed by atoms with Crippen LogP contribution in [0.2, 0.25) is 0 Å². The minimum Gasteiger partial charge on any atom is -0.310 e. The van der Waals surface area contributed by atoms with Crippen molar-refractivity contribution in [3.05, 3.63) is 34.9 Å². The summed E-state index contributed by atoms with van der Waals surface area (Å²) in [4.78, 5) is 0. The molecule has 0 fully saturated rings. The molecule has 0 amide bonds. The van der Waals surface area contributed by atoms with E-state index in [9.17, 15) is 0 Å². The van der Waals surface area contributed by atoms with Crippen molar-refractivity contribution in [3.8, 4) is 0 Å². The molecule has 2 atom stereocenters. The van der Waals surface area contributed by atoms with Gasteiger partial charge in [0.05, 0.1) is 0 Å². The lowest BCUT2D eigenvalue weighted by atomic mass is 9.86. The molecule has 1 aliphatic heterocycles. The Kier molecular flexibility index (Phi) is 3.34. The van der Waals surface area contributed by atoms with Crippen LogP contribution in [-0.2, 0) is 6.42 Å². The number of hydrogen-bond acceptors (Lipinski definition) is 1. The second-order valence-electron chi connectivity index (χ2n) is 5.59. The van der Waals surface area contributed by atoms with Gasteiger partial charge in [-0.3, -0.25) is 0 Å². The largest absolute Gasteiger partial charge is 0.310 e. The molecule has 0 aromatic heterocycles. The molecule has 2 unspecified atom stereocenters. The fraction of sp³-hybridized carbons (Fsp3) is 0.600. The van der Waals surface area contributed by atoms with Gasteiger partial charge < -0.3 is 5.32 Å². The SMILES string of the molecule is CC(C)Cc1ccc2c(c1)C(C)NCC2C. The Morgan fingerprint density at radius 2 is 2.00 bits per heavy atom. The Morgan fingerprint density at radius 1 is 1.25 bits per heavy atom. The van der Waals surface area contributed by atoms with Crippen LogP contribution in [-0.4, -0.2) is 6.54 Å². The van der Waals surface area contributed by atoms with Gasteiger partial charge in [-0.05, 0) is 41.9 Å². The zero-order valence-corrected chi connectivity index (χ0v) is 10.9. The Bertz CT molecular complexity index is 368. The van der Waals surface area contributed by atoms with Crippen LogP contribution >= 0.6 is 0 Å². The second-order valence-corrected chi connectivity index (χ2v) is 5.59. The third-order valence-electron chi connectivity index (χ3n) is 3.52. The first-order valence-electron chi connectivity index (χ1n) is 6.44. The molecule has 0 spiro atoms. The predicted octanol–water partition coefficient (Wildman–Crippen LogP) is 3.65. The molecule has 1 heteroatoms. The quantitative estimate of drug-likeness (QED) is 0.797. The molecule has 1 heterocycles. The smallest absolute Gasteiger partial charge is 0.0294 e. The van der Waals surface area contributed by atoms with Crippen LogP contribution in [0.25, 0.3) is 0 Å². The van der Waals surface area contributed by atoms with Crippen LogP contribution in [0, 0.1) is 5.92 Å². The third-order valence-corrected chi connectivity index (χ3v) is 3.52. The molecule has 0 bridgehead atoms. The van der Waals surface area contributed by atoms with E-state index in [4.69, 9.17) is 0 Å². The van der Waals surface area contributed by atoms with Crippen LogP contribution in [0.3, 0.4) is 0 Å². The van der Waals surface area contributed by atoms with E-state index < -0.39 is 0 Å². The maximum Gasteiger partial charge on any atom is 0.0294 e. The molecule has 0 saturated heterocycles. The van der Waals surface area contributed by atoms with Gasteiger partial charge in [-0.25, -0.2) is 0 Å². The van der Waals surface area contributed by atoms with E-state index in [-0.39, 0.29) is 0 Å². The van der Waals surface area contributed by atoms with Crippen molar-refractivity contribution in [3.63, 3.8) is 0 Å². The average molecular weight is 217 g/mol. The molecule has 0 saturated carbocycles. The molecule has 1 aliphatic rings. The predicted molar refractivity (Wildman–Crippen MR) is 69.8 cm³/mol. The third kappa shape index (κ3) is 2.30. The van der Waals surface area contributed by atoms with Crippen molar-refractivity contribution in [2.75, 3.05) is 6.54 Å². The lowest BCUT2D eigenvalue weighted by Crippen LogP contribution is -2.30. The second kappa shape index (κ2) is 4.58. The van der Waals surface area contributed by atoms with Gasteiger partial charge in [-0.1, -0.05) is 39.0 Å². The highest BCUT2D eigenvalue weighted by Crippen LogP contribution is 2.30. The summed E-state index contributed by atoms with van der Waals surface area (Å²) in [7, 11) is 0. The van der Waals surface area contributed by atoms with Crippen LogP contribution in [0.4, 0.5) is 0 Å². The van der Waals surface area contributed by atoms with E-state index in [1.807, 2.05) is 0 Å². The molecule has 1 N–H and O–H groups in total. The Balaban J connectivity index is 2.32. The van der Waals surface area contributed by atoms with Crippen LogP contribution < -0.4 is 5.32 Å². The summed E-state index contributed by atoms with van der Waals surface area (Å²) in [6.45, 7) is 10.2. The molecular formula is C15H23N. The zero-order chi connectivity index (χ0) is 11.7. The summed E-state index contributed by atoms with van der Waals surface area (Å²) in [5, 5.41) is 3.57. The molecule has 88 valence electrons. The lowest BCUT2D eigenvalue weighted by Gasteiger charge is -2.29. The van der Waals surface area contributed by atoms with Crippen molar-refractivity contribution in [2.24, 2.45) is 5.92 Å². The summed E-state index contributed by atoms with van der Waals surface area (Å²) in [6, 6.07) is 7.57. The van der Waals surface area contributed by atoms with E-state index in [1.54, 1.807) is 5.56 Å². The fourth-order valence-corrected chi connectivity index (χ4v) is 2.62. The van der Waals surface area contributed by atoms with E-state index in [0.29, 0.717) is 12.0 Å². The molecule has 0 radical (unpaired) electrons. The monoisotopic (exact) mass is 217 g/mol. The highest BCUT2D eigenvalue weighted by molar-refractivity contribution is 5.38. The molecule has 1 aromatic carbocycles. The van der Waals surface area contributed by atoms with Gasteiger partial charge >= 0.3 is 0 Å². The summed E-state index contributed by atoms with van der Waals surface area (Å²) in [6.07, 6.45) is 1.19. The Labute approximate surface area is 99.3 Å². The van der Waals surface area contributed by atoms with Gasteiger partial charge in [0, 0.05) is 12.6 Å². The summed E-state index contributed by atoms with van der Waals surface area (Å²) in [5.74, 6) is 1.39. The van der Waals surface area contributed by atoms with Crippen molar-refractivity contribution in [1.82, 2.24) is 5.32 Å². The van der Waals surface area contributed by atoms with E-state index in [1.165, 1.54) is 17.5 Å². The maximum atomic E-state index is 3.57. The van der Waals surface area contributed by atoms with Gasteiger partial charge in [0.1, 0.15) is 0 Å². The van der Waals surface area contributed by atoms with Crippen LogP contribution in [0.1, 0.15) is 56.3 Å². The van der Waals surface area contributed by atoms with Crippen molar-refractivity contribution in [2.45, 2.75) is 46.1 Å². The van der Waals surface area contributed by atoms with Gasteiger partial charge in [-0.2, -0.15) is 0 Å². The zero-order valence-electron chi connectivity index (χ0n) is 10.9. The van der Waals surface area contributed by atoms with Gasteiger partial charge in [0.15, 0.2) is 0 Å². The van der Waals surface area contributed by atoms with E-state index >= 15 is 0 Å². The van der Waals surface area contributed by atoms with Gasteiger partial charge in [0.2, 0.25) is 0 Å². The van der Waals surface area contributed by atoms with E-state index in [0.717, 1.165) is 12.5 Å². The summed E-state index contributed by atoms with van der Waals surface area (Å²) < 4.78 is 0.